The highest BCUT2D eigenvalue weighted by Crippen LogP contribution is 2.42. The van der Waals surface area contributed by atoms with Crippen LogP contribution in [0.4, 0.5) is 0 Å². The summed E-state index contributed by atoms with van der Waals surface area (Å²) in [5.74, 6) is 2.45. The van der Waals surface area contributed by atoms with Crippen molar-refractivity contribution in [2.45, 2.75) is 13.1 Å². The van der Waals surface area contributed by atoms with Crippen LogP contribution < -0.4 is 14.2 Å². The van der Waals surface area contributed by atoms with Gasteiger partial charge in [0.15, 0.2) is 5.76 Å². The predicted octanol–water partition coefficient (Wildman–Crippen LogP) is 4.66. The number of para-hydroxylation sites is 1. The van der Waals surface area contributed by atoms with E-state index in [1.165, 1.54) is 0 Å². The maximum Gasteiger partial charge on any atom is 0.231 e. The highest BCUT2D eigenvalue weighted by molar-refractivity contribution is 6.15. The van der Waals surface area contributed by atoms with Crippen LogP contribution in [0.15, 0.2) is 72.5 Å². The summed E-state index contributed by atoms with van der Waals surface area (Å²) in [5, 5.41) is 0. The molecule has 2 aliphatic heterocycles. The first-order valence-corrected chi connectivity index (χ1v) is 9.85. The van der Waals surface area contributed by atoms with Gasteiger partial charge in [0.25, 0.3) is 0 Å². The first-order valence-electron chi connectivity index (χ1n) is 9.85. The number of rotatable bonds is 4. The molecule has 5 rings (SSSR count). The summed E-state index contributed by atoms with van der Waals surface area (Å²) >= 11 is 0. The summed E-state index contributed by atoms with van der Waals surface area (Å²) in [5.41, 5.74) is 3.50. The lowest BCUT2D eigenvalue weighted by Gasteiger charge is -2.30. The molecule has 0 amide bonds. The van der Waals surface area contributed by atoms with E-state index >= 15 is 0 Å². The minimum Gasteiger partial charge on any atom is -0.496 e. The number of ether oxygens (including phenoxy) is 3. The number of fused-ring (bicyclic) bond motifs is 3. The Morgan fingerprint density at radius 3 is 2.67 bits per heavy atom. The summed E-state index contributed by atoms with van der Waals surface area (Å²) in [6.07, 6.45) is 1.78. The Bertz CT molecular complexity index is 1140. The summed E-state index contributed by atoms with van der Waals surface area (Å²) in [6, 6.07) is 21.3. The molecule has 30 heavy (non-hydrogen) atoms. The Kier molecular flexibility index (Phi) is 4.73. The topological polar surface area (TPSA) is 48.0 Å². The molecule has 2 aliphatic rings. The van der Waals surface area contributed by atoms with Crippen LogP contribution in [0.3, 0.4) is 0 Å². The first kappa shape index (κ1) is 18.5. The van der Waals surface area contributed by atoms with Crippen LogP contribution in [-0.2, 0) is 13.1 Å². The van der Waals surface area contributed by atoms with Gasteiger partial charge in [0, 0.05) is 18.7 Å². The normalized spacial score (nSPS) is 16.6. The summed E-state index contributed by atoms with van der Waals surface area (Å²) in [4.78, 5) is 15.0. The smallest absolute Gasteiger partial charge is 0.231 e. The van der Waals surface area contributed by atoms with E-state index in [1.54, 1.807) is 19.3 Å². The van der Waals surface area contributed by atoms with Crippen LogP contribution in [0, 0.1) is 0 Å². The number of benzene rings is 3. The maximum absolute atomic E-state index is 12.9. The van der Waals surface area contributed by atoms with E-state index < -0.39 is 0 Å². The zero-order valence-electron chi connectivity index (χ0n) is 16.6. The molecule has 0 fully saturated rings. The number of carbonyl (C=O) groups is 1. The van der Waals surface area contributed by atoms with E-state index in [4.69, 9.17) is 14.2 Å². The summed E-state index contributed by atoms with van der Waals surface area (Å²) in [7, 11) is 1.67. The van der Waals surface area contributed by atoms with Gasteiger partial charge in [-0.05, 0) is 29.8 Å². The van der Waals surface area contributed by atoms with Gasteiger partial charge in [0.2, 0.25) is 5.78 Å². The quantitative estimate of drug-likeness (QED) is 0.597. The van der Waals surface area contributed by atoms with Crippen LogP contribution in [0.5, 0.6) is 17.2 Å². The van der Waals surface area contributed by atoms with E-state index in [2.05, 4.69) is 4.90 Å². The molecule has 3 aromatic rings. The van der Waals surface area contributed by atoms with Crippen molar-refractivity contribution in [2.75, 3.05) is 13.8 Å². The third-order valence-electron chi connectivity index (χ3n) is 5.37. The van der Waals surface area contributed by atoms with Crippen molar-refractivity contribution >= 4 is 11.9 Å². The van der Waals surface area contributed by atoms with Crippen LogP contribution in [0.2, 0.25) is 0 Å². The minimum atomic E-state index is -0.0986. The molecule has 0 saturated heterocycles. The van der Waals surface area contributed by atoms with Gasteiger partial charge in [0.1, 0.15) is 24.0 Å². The Hall–Kier alpha value is -3.57. The minimum absolute atomic E-state index is 0.0986. The molecule has 0 atom stereocenters. The summed E-state index contributed by atoms with van der Waals surface area (Å²) in [6.45, 7) is 1.76. The molecule has 5 heteroatoms. The van der Waals surface area contributed by atoms with Crippen molar-refractivity contribution in [3.8, 4) is 17.2 Å². The first-order chi connectivity index (χ1) is 14.7. The highest BCUT2D eigenvalue weighted by atomic mass is 16.5. The third kappa shape index (κ3) is 3.33. The van der Waals surface area contributed by atoms with Crippen LogP contribution >= 0.6 is 0 Å². The number of Topliss-reactive ketones (excluding diaryl/α,β-unsaturated/α-hetero) is 1. The number of methoxy groups -OCH3 is 1. The summed E-state index contributed by atoms with van der Waals surface area (Å²) < 4.78 is 17.5. The Morgan fingerprint density at radius 2 is 1.83 bits per heavy atom. The van der Waals surface area contributed by atoms with Crippen LogP contribution in [0.25, 0.3) is 6.08 Å². The van der Waals surface area contributed by atoms with Gasteiger partial charge in [-0.3, -0.25) is 9.69 Å². The Balaban J connectivity index is 1.43. The van der Waals surface area contributed by atoms with Gasteiger partial charge in [-0.25, -0.2) is 0 Å². The standard InChI is InChI=1S/C25H21NO4/c1-28-21-10-6-5-9-18(21)14-26-15-20-22(29-16-26)12-11-19-24(27)23(30-25(19)20)13-17-7-3-2-4-8-17/h2-13H,14-16H2,1H3/b23-13-. The van der Waals surface area contributed by atoms with Gasteiger partial charge in [-0.2, -0.15) is 0 Å². The van der Waals surface area contributed by atoms with Gasteiger partial charge in [0.05, 0.1) is 18.2 Å². The van der Waals surface area contributed by atoms with E-state index in [-0.39, 0.29) is 5.78 Å². The Labute approximate surface area is 175 Å². The number of carbonyl (C=O) groups excluding carboxylic acids is 1. The van der Waals surface area contributed by atoms with Gasteiger partial charge < -0.3 is 14.2 Å². The van der Waals surface area contributed by atoms with Crippen molar-refractivity contribution < 1.29 is 19.0 Å². The number of hydrogen-bond acceptors (Lipinski definition) is 5. The number of allylic oxidation sites excluding steroid dienone is 1. The largest absolute Gasteiger partial charge is 0.496 e. The fraction of sp³-hybridized carbons (Fsp3) is 0.160. The molecule has 0 N–H and O–H groups in total. The average molecular weight is 399 g/mol. The molecule has 0 radical (unpaired) electrons. The molecule has 0 bridgehead atoms. The SMILES string of the molecule is COc1ccccc1CN1COc2ccc3c(c2C1)O/C(=C\c1ccccc1)C3=O. The van der Waals surface area contributed by atoms with Crippen molar-refractivity contribution in [1.29, 1.82) is 0 Å². The van der Waals surface area contributed by atoms with Crippen molar-refractivity contribution in [3.63, 3.8) is 0 Å². The molecule has 0 unspecified atom stereocenters. The number of ketones is 1. The second-order valence-electron chi connectivity index (χ2n) is 7.34. The molecule has 3 aromatic carbocycles. The lowest BCUT2D eigenvalue weighted by atomic mass is 10.0. The molecule has 0 aliphatic carbocycles. The molecule has 0 aromatic heterocycles. The monoisotopic (exact) mass is 399 g/mol. The molecular formula is C25H21NO4. The lowest BCUT2D eigenvalue weighted by Crippen LogP contribution is -2.31. The van der Waals surface area contributed by atoms with E-state index in [9.17, 15) is 4.79 Å². The fourth-order valence-corrected chi connectivity index (χ4v) is 3.88. The molecule has 5 nitrogen and oxygen atoms in total. The second kappa shape index (κ2) is 7.69. The third-order valence-corrected chi connectivity index (χ3v) is 5.37. The average Bonchev–Trinajstić information content (AvgIpc) is 3.10. The lowest BCUT2D eigenvalue weighted by molar-refractivity contribution is 0.0865. The predicted molar refractivity (Wildman–Crippen MR) is 114 cm³/mol. The zero-order chi connectivity index (χ0) is 20.5. The molecular weight excluding hydrogens is 378 g/mol. The van der Waals surface area contributed by atoms with Crippen molar-refractivity contribution in [1.82, 2.24) is 4.90 Å². The number of nitrogens with zero attached hydrogens (tertiary/aromatic N) is 1. The molecule has 2 heterocycles. The van der Waals surface area contributed by atoms with Gasteiger partial charge in [-0.1, -0.05) is 48.5 Å². The van der Waals surface area contributed by atoms with Gasteiger partial charge in [-0.15, -0.1) is 0 Å². The fourth-order valence-electron chi connectivity index (χ4n) is 3.88. The maximum atomic E-state index is 12.9. The van der Waals surface area contributed by atoms with Crippen LogP contribution in [0.1, 0.15) is 27.0 Å². The van der Waals surface area contributed by atoms with E-state index in [0.29, 0.717) is 36.9 Å². The zero-order valence-corrected chi connectivity index (χ0v) is 16.6. The molecule has 0 saturated carbocycles. The molecule has 150 valence electrons. The Morgan fingerprint density at radius 1 is 1.03 bits per heavy atom. The highest BCUT2D eigenvalue weighted by Gasteiger charge is 2.33. The van der Waals surface area contributed by atoms with Gasteiger partial charge >= 0.3 is 0 Å². The van der Waals surface area contributed by atoms with Crippen molar-refractivity contribution in [2.24, 2.45) is 0 Å². The molecule has 0 spiro atoms. The van der Waals surface area contributed by atoms with Crippen LogP contribution in [-0.4, -0.2) is 24.5 Å². The van der Waals surface area contributed by atoms with E-state index in [0.717, 1.165) is 28.2 Å². The second-order valence-corrected chi connectivity index (χ2v) is 7.34. The number of hydrogen-bond donors (Lipinski definition) is 0. The van der Waals surface area contributed by atoms with E-state index in [1.807, 2.05) is 60.7 Å². The van der Waals surface area contributed by atoms with Crippen molar-refractivity contribution in [3.05, 3.63) is 94.7 Å².